The number of hydrogen-bond acceptors (Lipinski definition) is 7. The SMILES string of the molecule is CCc1nnc(-c2ccc(S(=O)(=O)NCc3ccc(OC)cc3)o2)o1. The summed E-state index contributed by atoms with van der Waals surface area (Å²) in [5.41, 5.74) is 0.792. The lowest BCUT2D eigenvalue weighted by molar-refractivity contribution is 0.414. The predicted molar refractivity (Wildman–Crippen MR) is 88.4 cm³/mol. The van der Waals surface area contributed by atoms with E-state index in [1.165, 1.54) is 12.1 Å². The number of ether oxygens (including phenoxy) is 1. The molecule has 0 aliphatic heterocycles. The lowest BCUT2D eigenvalue weighted by Crippen LogP contribution is -2.22. The summed E-state index contributed by atoms with van der Waals surface area (Å²) in [6.07, 6.45) is 0.586. The number of methoxy groups -OCH3 is 1. The molecule has 0 spiro atoms. The molecule has 9 heteroatoms. The Morgan fingerprint density at radius 2 is 1.84 bits per heavy atom. The third-order valence-electron chi connectivity index (χ3n) is 3.45. The lowest BCUT2D eigenvalue weighted by atomic mass is 10.2. The van der Waals surface area contributed by atoms with Crippen LogP contribution in [-0.4, -0.2) is 25.7 Å². The van der Waals surface area contributed by atoms with Gasteiger partial charge in [-0.05, 0) is 29.8 Å². The van der Waals surface area contributed by atoms with Crippen molar-refractivity contribution in [3.05, 3.63) is 47.9 Å². The van der Waals surface area contributed by atoms with Gasteiger partial charge < -0.3 is 13.6 Å². The molecule has 0 saturated carbocycles. The van der Waals surface area contributed by atoms with E-state index in [-0.39, 0.29) is 23.3 Å². The predicted octanol–water partition coefficient (Wildman–Crippen LogP) is 2.38. The van der Waals surface area contributed by atoms with Gasteiger partial charge in [0.1, 0.15) is 5.75 Å². The summed E-state index contributed by atoms with van der Waals surface area (Å²) >= 11 is 0. The van der Waals surface area contributed by atoms with Gasteiger partial charge in [-0.25, -0.2) is 13.1 Å². The van der Waals surface area contributed by atoms with Crippen LogP contribution in [0.3, 0.4) is 0 Å². The third-order valence-corrected chi connectivity index (χ3v) is 4.73. The van der Waals surface area contributed by atoms with Crippen molar-refractivity contribution in [2.45, 2.75) is 25.0 Å². The first-order chi connectivity index (χ1) is 12.0. The van der Waals surface area contributed by atoms with Crippen LogP contribution in [0, 0.1) is 0 Å². The molecular weight excluding hydrogens is 346 g/mol. The van der Waals surface area contributed by atoms with Gasteiger partial charge in [-0.2, -0.15) is 0 Å². The zero-order chi connectivity index (χ0) is 17.9. The molecule has 0 saturated heterocycles. The number of hydrogen-bond donors (Lipinski definition) is 1. The third kappa shape index (κ3) is 3.89. The summed E-state index contributed by atoms with van der Waals surface area (Å²) in [4.78, 5) is 0. The number of aryl methyl sites for hydroxylation is 1. The molecule has 2 aromatic heterocycles. The van der Waals surface area contributed by atoms with Gasteiger partial charge >= 0.3 is 0 Å². The van der Waals surface area contributed by atoms with Crippen LogP contribution in [0.2, 0.25) is 0 Å². The fraction of sp³-hybridized carbons (Fsp3) is 0.250. The number of rotatable bonds is 7. The minimum Gasteiger partial charge on any atom is -0.497 e. The first-order valence-corrected chi connectivity index (χ1v) is 9.05. The topological polar surface area (TPSA) is 107 Å². The van der Waals surface area contributed by atoms with Crippen LogP contribution in [0.4, 0.5) is 0 Å². The normalized spacial score (nSPS) is 11.6. The second-order valence-electron chi connectivity index (χ2n) is 5.15. The molecule has 0 amide bonds. The summed E-state index contributed by atoms with van der Waals surface area (Å²) in [5.74, 6) is 1.51. The standard InChI is InChI=1S/C16H17N3O5S/c1-3-14-18-19-16(24-14)13-8-9-15(23-13)25(20,21)17-10-11-4-6-12(22-2)7-5-11/h4-9,17H,3,10H2,1-2H3. The fourth-order valence-corrected chi connectivity index (χ4v) is 3.01. The summed E-state index contributed by atoms with van der Waals surface area (Å²) in [7, 11) is -2.23. The molecule has 0 bridgehead atoms. The van der Waals surface area contributed by atoms with E-state index in [1.54, 1.807) is 31.4 Å². The molecule has 0 fully saturated rings. The average molecular weight is 363 g/mol. The summed E-state index contributed by atoms with van der Waals surface area (Å²) in [6.45, 7) is 2.00. The van der Waals surface area contributed by atoms with Gasteiger partial charge in [-0.15, -0.1) is 10.2 Å². The Bertz CT molecular complexity index is 944. The molecule has 25 heavy (non-hydrogen) atoms. The molecule has 3 rings (SSSR count). The molecule has 8 nitrogen and oxygen atoms in total. The fourth-order valence-electron chi connectivity index (χ4n) is 2.07. The van der Waals surface area contributed by atoms with Crippen molar-refractivity contribution in [1.29, 1.82) is 0 Å². The molecule has 132 valence electrons. The van der Waals surface area contributed by atoms with Crippen LogP contribution < -0.4 is 9.46 Å². The molecule has 0 aliphatic rings. The molecular formula is C16H17N3O5S. The van der Waals surface area contributed by atoms with Crippen LogP contribution >= 0.6 is 0 Å². The van der Waals surface area contributed by atoms with Crippen LogP contribution in [0.1, 0.15) is 18.4 Å². The molecule has 0 atom stereocenters. The quantitative estimate of drug-likeness (QED) is 0.686. The van der Waals surface area contributed by atoms with E-state index < -0.39 is 10.0 Å². The molecule has 0 unspecified atom stereocenters. The van der Waals surface area contributed by atoms with E-state index in [0.29, 0.717) is 18.1 Å². The Kier molecular flexibility index (Phi) is 4.86. The number of nitrogens with zero attached hydrogens (tertiary/aromatic N) is 2. The maximum Gasteiger partial charge on any atom is 0.283 e. The van der Waals surface area contributed by atoms with Gasteiger partial charge in [0, 0.05) is 13.0 Å². The summed E-state index contributed by atoms with van der Waals surface area (Å²) in [6, 6.07) is 9.90. The van der Waals surface area contributed by atoms with Crippen molar-refractivity contribution in [1.82, 2.24) is 14.9 Å². The highest BCUT2D eigenvalue weighted by Crippen LogP contribution is 2.23. The summed E-state index contributed by atoms with van der Waals surface area (Å²) in [5, 5.41) is 7.43. The van der Waals surface area contributed by atoms with Crippen molar-refractivity contribution < 1.29 is 22.0 Å². The maximum atomic E-state index is 12.3. The molecule has 0 radical (unpaired) electrons. The van der Waals surface area contributed by atoms with E-state index in [2.05, 4.69) is 14.9 Å². The summed E-state index contributed by atoms with van der Waals surface area (Å²) < 4.78 is 42.9. The Balaban J connectivity index is 1.71. The number of furan rings is 1. The van der Waals surface area contributed by atoms with E-state index in [0.717, 1.165) is 5.56 Å². The Morgan fingerprint density at radius 1 is 1.08 bits per heavy atom. The molecule has 1 N–H and O–H groups in total. The van der Waals surface area contributed by atoms with E-state index in [9.17, 15) is 8.42 Å². The van der Waals surface area contributed by atoms with Gasteiger partial charge in [0.2, 0.25) is 11.0 Å². The Hall–Kier alpha value is -2.65. The van der Waals surface area contributed by atoms with Gasteiger partial charge in [-0.3, -0.25) is 0 Å². The minimum absolute atomic E-state index is 0.128. The molecule has 1 aromatic carbocycles. The van der Waals surface area contributed by atoms with Crippen molar-refractivity contribution in [2.75, 3.05) is 7.11 Å². The number of aromatic nitrogens is 2. The molecule has 3 aromatic rings. The average Bonchev–Trinajstić information content (AvgIpc) is 3.29. The smallest absolute Gasteiger partial charge is 0.283 e. The monoisotopic (exact) mass is 363 g/mol. The van der Waals surface area contributed by atoms with Crippen LogP contribution in [-0.2, 0) is 23.0 Å². The molecule has 0 aliphatic carbocycles. The highest BCUT2D eigenvalue weighted by molar-refractivity contribution is 7.89. The Morgan fingerprint density at radius 3 is 2.48 bits per heavy atom. The van der Waals surface area contributed by atoms with Gasteiger partial charge in [-0.1, -0.05) is 19.1 Å². The number of sulfonamides is 1. The maximum absolute atomic E-state index is 12.3. The second kappa shape index (κ2) is 7.08. The first kappa shape index (κ1) is 17.2. The highest BCUT2D eigenvalue weighted by Gasteiger charge is 2.21. The molecule has 2 heterocycles. The van der Waals surface area contributed by atoms with Crippen LogP contribution in [0.5, 0.6) is 5.75 Å². The highest BCUT2D eigenvalue weighted by atomic mass is 32.2. The van der Waals surface area contributed by atoms with E-state index in [1.807, 2.05) is 6.92 Å². The lowest BCUT2D eigenvalue weighted by Gasteiger charge is -2.05. The minimum atomic E-state index is -3.80. The van der Waals surface area contributed by atoms with Gasteiger partial charge in [0.15, 0.2) is 5.76 Å². The van der Waals surface area contributed by atoms with E-state index >= 15 is 0 Å². The van der Waals surface area contributed by atoms with Gasteiger partial charge in [0.05, 0.1) is 7.11 Å². The van der Waals surface area contributed by atoms with Crippen LogP contribution in [0.25, 0.3) is 11.7 Å². The first-order valence-electron chi connectivity index (χ1n) is 7.57. The Labute approximate surface area is 144 Å². The van der Waals surface area contributed by atoms with Gasteiger partial charge in [0.25, 0.3) is 15.9 Å². The number of nitrogens with one attached hydrogen (secondary N) is 1. The zero-order valence-electron chi connectivity index (χ0n) is 13.7. The van der Waals surface area contributed by atoms with E-state index in [4.69, 9.17) is 13.6 Å². The number of benzene rings is 1. The second-order valence-corrected chi connectivity index (χ2v) is 6.84. The van der Waals surface area contributed by atoms with Crippen molar-refractivity contribution >= 4 is 10.0 Å². The largest absolute Gasteiger partial charge is 0.497 e. The van der Waals surface area contributed by atoms with Crippen LogP contribution in [0.15, 0.2) is 50.3 Å². The van der Waals surface area contributed by atoms with Crippen molar-refractivity contribution in [3.8, 4) is 17.4 Å². The van der Waals surface area contributed by atoms with Crippen molar-refractivity contribution in [3.63, 3.8) is 0 Å². The zero-order valence-corrected chi connectivity index (χ0v) is 14.5. The van der Waals surface area contributed by atoms with Crippen molar-refractivity contribution in [2.24, 2.45) is 0 Å².